The first-order chi connectivity index (χ1) is 21.2. The van der Waals surface area contributed by atoms with Gasteiger partial charge in [-0.15, -0.1) is 0 Å². The third-order valence-corrected chi connectivity index (χ3v) is 7.94. The fraction of sp³-hybridized carbons (Fsp3) is 0.438. The van der Waals surface area contributed by atoms with E-state index in [1.54, 1.807) is 29.2 Å². The van der Waals surface area contributed by atoms with Crippen LogP contribution in [0.25, 0.3) is 22.0 Å². The first-order valence-corrected chi connectivity index (χ1v) is 14.7. The molecule has 1 aliphatic rings. The van der Waals surface area contributed by atoms with E-state index in [1.165, 1.54) is 24.1 Å². The monoisotopic (exact) mass is 628 g/mol. The summed E-state index contributed by atoms with van der Waals surface area (Å²) in [5.74, 6) is -1.70. The van der Waals surface area contributed by atoms with Crippen LogP contribution in [-0.4, -0.2) is 74.4 Å². The van der Waals surface area contributed by atoms with Gasteiger partial charge >= 0.3 is 0 Å². The lowest BCUT2D eigenvalue weighted by atomic mass is 10.0. The highest BCUT2D eigenvalue weighted by Crippen LogP contribution is 2.32. The predicted molar refractivity (Wildman–Crippen MR) is 162 cm³/mol. The van der Waals surface area contributed by atoms with Crippen LogP contribution in [0.15, 0.2) is 47.5 Å². The number of piperazine rings is 1. The minimum atomic E-state index is -2.58. The summed E-state index contributed by atoms with van der Waals surface area (Å²) >= 11 is 0. The van der Waals surface area contributed by atoms with E-state index < -0.39 is 41.2 Å². The minimum absolute atomic E-state index is 0.0135. The summed E-state index contributed by atoms with van der Waals surface area (Å²) in [7, 11) is 1.42. The van der Waals surface area contributed by atoms with E-state index in [4.69, 9.17) is 4.74 Å². The molecule has 0 unspecified atom stereocenters. The average molecular weight is 629 g/mol. The second-order valence-corrected chi connectivity index (χ2v) is 12.2. The van der Waals surface area contributed by atoms with Gasteiger partial charge in [-0.3, -0.25) is 19.0 Å². The van der Waals surface area contributed by atoms with Gasteiger partial charge in [-0.05, 0) is 44.9 Å². The largest absolute Gasteiger partial charge is 0.366 e. The maximum atomic E-state index is 16.2. The minimum Gasteiger partial charge on any atom is -0.366 e. The lowest BCUT2D eigenvalue weighted by Crippen LogP contribution is -2.55. The summed E-state index contributed by atoms with van der Waals surface area (Å²) in [5, 5.41) is -0.172. The topological polar surface area (TPSA) is 85.5 Å². The maximum Gasteiger partial charge on any atom is 0.274 e. The second-order valence-electron chi connectivity index (χ2n) is 12.2. The zero-order valence-electron chi connectivity index (χ0n) is 25.9. The molecule has 4 aromatic rings. The quantitative estimate of drug-likeness (QED) is 0.261. The Morgan fingerprint density at radius 3 is 2.38 bits per heavy atom. The van der Waals surface area contributed by atoms with Gasteiger partial charge in [-0.1, -0.05) is 24.3 Å². The van der Waals surface area contributed by atoms with Crippen LogP contribution in [0.1, 0.15) is 38.8 Å². The number of amides is 1. The molecule has 0 bridgehead atoms. The van der Waals surface area contributed by atoms with Crippen LogP contribution in [0.3, 0.4) is 0 Å². The van der Waals surface area contributed by atoms with Crippen molar-refractivity contribution in [3.05, 3.63) is 75.8 Å². The van der Waals surface area contributed by atoms with E-state index in [-0.39, 0.29) is 41.6 Å². The van der Waals surface area contributed by atoms with Gasteiger partial charge in [0, 0.05) is 57.1 Å². The Morgan fingerprint density at radius 1 is 1.09 bits per heavy atom. The van der Waals surface area contributed by atoms with Gasteiger partial charge in [-0.2, -0.15) is 0 Å². The highest BCUT2D eigenvalue weighted by molar-refractivity contribution is 5.86. The Labute approximate surface area is 258 Å². The number of alkyl halides is 2. The molecule has 13 heteroatoms. The Bertz CT molecular complexity index is 1760. The molecule has 0 radical (unpaired) electrons. The van der Waals surface area contributed by atoms with Crippen molar-refractivity contribution in [3.8, 4) is 11.1 Å². The average Bonchev–Trinajstić information content (AvgIpc) is 3.21. The van der Waals surface area contributed by atoms with Crippen LogP contribution >= 0.6 is 0 Å². The molecule has 2 aromatic carbocycles. The summed E-state index contributed by atoms with van der Waals surface area (Å²) in [6, 6.07) is 7.36. The third-order valence-electron chi connectivity index (χ3n) is 7.94. The van der Waals surface area contributed by atoms with Crippen LogP contribution in [0.2, 0.25) is 0 Å². The van der Waals surface area contributed by atoms with Crippen molar-refractivity contribution in [2.24, 2.45) is 7.05 Å². The fourth-order valence-electron chi connectivity index (χ4n) is 5.60. The molecule has 1 saturated heterocycles. The molecule has 3 heterocycles. The van der Waals surface area contributed by atoms with Crippen molar-refractivity contribution in [1.29, 1.82) is 0 Å². The molecular formula is C32H36F4N6O3. The number of benzene rings is 2. The SMILES string of the molecule is C[C@@H]1CN(C(=O)COC(C)(C)C)CCN1c1ncc(-c2c(F)cc3c(=O)n(C)n(Cc4ccccc4CC(F)F)c3c2F)cn1. The summed E-state index contributed by atoms with van der Waals surface area (Å²) in [6.07, 6.45) is -0.439. The van der Waals surface area contributed by atoms with Gasteiger partial charge in [-0.25, -0.2) is 27.5 Å². The van der Waals surface area contributed by atoms with Crippen LogP contribution in [-0.2, 0) is 29.5 Å². The number of aromatic nitrogens is 4. The van der Waals surface area contributed by atoms with E-state index in [0.717, 1.165) is 10.7 Å². The number of hydrogen-bond acceptors (Lipinski definition) is 6. The summed E-state index contributed by atoms with van der Waals surface area (Å²) in [6.45, 7) is 8.82. The molecule has 9 nitrogen and oxygen atoms in total. The lowest BCUT2D eigenvalue weighted by Gasteiger charge is -2.40. The molecule has 2 aromatic heterocycles. The molecule has 1 atom stereocenters. The number of rotatable bonds is 8. The van der Waals surface area contributed by atoms with E-state index >= 15 is 8.78 Å². The molecule has 1 amide bonds. The summed E-state index contributed by atoms with van der Waals surface area (Å²) < 4.78 is 66.1. The van der Waals surface area contributed by atoms with Gasteiger partial charge in [0.15, 0.2) is 5.82 Å². The van der Waals surface area contributed by atoms with Gasteiger partial charge in [0.2, 0.25) is 18.3 Å². The maximum absolute atomic E-state index is 16.2. The molecule has 0 spiro atoms. The summed E-state index contributed by atoms with van der Waals surface area (Å²) in [4.78, 5) is 38.0. The van der Waals surface area contributed by atoms with E-state index in [1.807, 2.05) is 32.6 Å². The molecule has 1 fully saturated rings. The zero-order valence-corrected chi connectivity index (χ0v) is 25.9. The lowest BCUT2D eigenvalue weighted by molar-refractivity contribution is -0.141. The molecule has 240 valence electrons. The molecule has 0 aliphatic carbocycles. The van der Waals surface area contributed by atoms with Gasteiger partial charge in [0.05, 0.1) is 23.1 Å². The Kier molecular flexibility index (Phi) is 9.02. The van der Waals surface area contributed by atoms with Crippen molar-refractivity contribution in [2.75, 3.05) is 31.1 Å². The van der Waals surface area contributed by atoms with Crippen LogP contribution in [0.5, 0.6) is 0 Å². The van der Waals surface area contributed by atoms with Crippen molar-refractivity contribution < 1.29 is 27.1 Å². The van der Waals surface area contributed by atoms with E-state index in [0.29, 0.717) is 36.7 Å². The zero-order chi connectivity index (χ0) is 32.6. The first kappa shape index (κ1) is 32.1. The van der Waals surface area contributed by atoms with E-state index in [9.17, 15) is 18.4 Å². The Balaban J connectivity index is 1.42. The molecular weight excluding hydrogens is 592 g/mol. The van der Waals surface area contributed by atoms with Crippen molar-refractivity contribution in [2.45, 2.75) is 58.7 Å². The summed E-state index contributed by atoms with van der Waals surface area (Å²) in [5.41, 5.74) is -0.688. The first-order valence-electron chi connectivity index (χ1n) is 14.7. The highest BCUT2D eigenvalue weighted by Gasteiger charge is 2.30. The Hall–Kier alpha value is -4.26. The molecule has 1 aliphatic heterocycles. The van der Waals surface area contributed by atoms with Gasteiger partial charge in [0.25, 0.3) is 5.56 Å². The van der Waals surface area contributed by atoms with Crippen molar-refractivity contribution in [1.82, 2.24) is 24.2 Å². The third kappa shape index (κ3) is 6.73. The number of fused-ring (bicyclic) bond motifs is 1. The van der Waals surface area contributed by atoms with Crippen LogP contribution in [0, 0.1) is 11.6 Å². The number of carbonyl (C=O) groups is 1. The Morgan fingerprint density at radius 2 is 1.76 bits per heavy atom. The van der Waals surface area contributed by atoms with E-state index in [2.05, 4.69) is 9.97 Å². The number of halogens is 4. The number of ether oxygens (including phenoxy) is 1. The number of carbonyl (C=O) groups excluding carboxylic acids is 1. The number of anilines is 1. The molecule has 5 rings (SSSR count). The highest BCUT2D eigenvalue weighted by atomic mass is 19.3. The molecule has 0 saturated carbocycles. The van der Waals surface area contributed by atoms with Crippen LogP contribution in [0.4, 0.5) is 23.5 Å². The predicted octanol–water partition coefficient (Wildman–Crippen LogP) is 4.78. The number of nitrogens with zero attached hydrogens (tertiary/aromatic N) is 6. The van der Waals surface area contributed by atoms with Gasteiger partial charge < -0.3 is 14.5 Å². The van der Waals surface area contributed by atoms with Gasteiger partial charge in [0.1, 0.15) is 17.9 Å². The number of hydrogen-bond donors (Lipinski definition) is 0. The fourth-order valence-corrected chi connectivity index (χ4v) is 5.60. The second kappa shape index (κ2) is 12.6. The normalized spacial score (nSPS) is 15.8. The smallest absolute Gasteiger partial charge is 0.274 e. The van der Waals surface area contributed by atoms with Crippen molar-refractivity contribution in [3.63, 3.8) is 0 Å². The van der Waals surface area contributed by atoms with Crippen molar-refractivity contribution >= 4 is 22.8 Å². The molecule has 0 N–H and O–H groups in total. The standard InChI is InChI=1S/C32H36F4N6O3/c1-19-16-40(26(43)18-45-32(2,3)4)10-11-41(19)31-37-14-22(15-38-31)27-24(33)13-23-29(28(27)36)42(39(5)30(23)44)17-21-9-7-6-8-20(21)12-25(34)35/h6-9,13-15,19,25H,10-12,16-18H2,1-5H3/t19-/m1/s1. The van der Waals surface area contributed by atoms with Crippen LogP contribution < -0.4 is 10.5 Å². The molecule has 45 heavy (non-hydrogen) atoms.